The predicted molar refractivity (Wildman–Crippen MR) is 152 cm³/mol. The van der Waals surface area contributed by atoms with Crippen LogP contribution in [-0.4, -0.2) is 27.5 Å². The zero-order chi connectivity index (χ0) is 26.3. The van der Waals surface area contributed by atoms with Crippen LogP contribution in [0.2, 0.25) is 19.6 Å². The van der Waals surface area contributed by atoms with E-state index in [0.717, 1.165) is 21.7 Å². The van der Waals surface area contributed by atoms with E-state index in [1.807, 2.05) is 62.4 Å². The van der Waals surface area contributed by atoms with E-state index in [0.29, 0.717) is 34.4 Å². The molecular formula is C27H31BrFN3O2SSi. The molecule has 0 radical (unpaired) electrons. The summed E-state index contributed by atoms with van der Waals surface area (Å²) in [7, 11) is -2.01. The molecule has 2 unspecified atom stereocenters. The number of aromatic nitrogens is 2. The number of nitrogens with zero attached hydrogens (tertiary/aromatic N) is 2. The lowest BCUT2D eigenvalue weighted by Gasteiger charge is -2.28. The van der Waals surface area contributed by atoms with E-state index in [9.17, 15) is 4.55 Å². The summed E-state index contributed by atoms with van der Waals surface area (Å²) < 4.78 is 34.0. The summed E-state index contributed by atoms with van der Waals surface area (Å²) in [5, 5.41) is 11.8. The summed E-state index contributed by atoms with van der Waals surface area (Å²) in [5.41, 5.74) is 3.51. The van der Waals surface area contributed by atoms with Crippen molar-refractivity contribution in [3.8, 4) is 11.3 Å². The summed E-state index contributed by atoms with van der Waals surface area (Å²) >= 11 is 2.00. The van der Waals surface area contributed by atoms with E-state index in [2.05, 4.69) is 45.7 Å². The van der Waals surface area contributed by atoms with Gasteiger partial charge in [-0.2, -0.15) is 5.14 Å². The number of hydrogen-bond acceptors (Lipinski definition) is 5. The van der Waals surface area contributed by atoms with E-state index in [1.165, 1.54) is 0 Å². The minimum absolute atomic E-state index is 0.270. The Hall–Kier alpha value is -2.04. The molecule has 0 aliphatic rings. The molecule has 5 nitrogen and oxygen atoms in total. The maximum absolute atomic E-state index is 16.2. The van der Waals surface area contributed by atoms with Crippen molar-refractivity contribution in [2.24, 2.45) is 5.14 Å². The number of nitrogens with two attached hydrogens (primary N) is 1. The Bertz CT molecular complexity index is 1390. The highest BCUT2D eigenvalue weighted by molar-refractivity contribution is 9.10. The Kier molecular flexibility index (Phi) is 7.78. The fourth-order valence-electron chi connectivity index (χ4n) is 4.42. The van der Waals surface area contributed by atoms with Crippen LogP contribution in [0.3, 0.4) is 0 Å². The summed E-state index contributed by atoms with van der Waals surface area (Å²) in [6.45, 7) is 10.1. The van der Waals surface area contributed by atoms with Crippen molar-refractivity contribution in [3.05, 3.63) is 76.3 Å². The van der Waals surface area contributed by atoms with Crippen molar-refractivity contribution in [1.29, 1.82) is 0 Å². The van der Waals surface area contributed by atoms with Gasteiger partial charge in [0.05, 0.1) is 13.8 Å². The predicted octanol–water partition coefficient (Wildman–Crippen LogP) is 6.65. The fraction of sp³-hybridized carbons (Fsp3) is 0.333. The highest BCUT2D eigenvalue weighted by Gasteiger charge is 2.35. The molecule has 2 aromatic carbocycles. The highest BCUT2D eigenvalue weighted by atomic mass is 79.9. The number of fused-ring (bicyclic) bond motifs is 1. The monoisotopic (exact) mass is 587 g/mol. The molecule has 0 saturated heterocycles. The van der Waals surface area contributed by atoms with Crippen LogP contribution >= 0.6 is 15.9 Å². The zero-order valence-corrected chi connectivity index (χ0v) is 24.5. The van der Waals surface area contributed by atoms with Crippen molar-refractivity contribution in [1.82, 2.24) is 10.1 Å². The second kappa shape index (κ2) is 10.4. The van der Waals surface area contributed by atoms with Crippen molar-refractivity contribution in [2.45, 2.75) is 57.0 Å². The molecule has 0 bridgehead atoms. The average molecular weight is 589 g/mol. The van der Waals surface area contributed by atoms with Crippen molar-refractivity contribution in [3.63, 3.8) is 0 Å². The van der Waals surface area contributed by atoms with Crippen LogP contribution in [0.4, 0.5) is 4.39 Å². The van der Waals surface area contributed by atoms with Crippen molar-refractivity contribution >= 4 is 51.5 Å². The van der Waals surface area contributed by atoms with Crippen molar-refractivity contribution < 1.29 is 13.5 Å². The number of rotatable bonds is 8. The summed E-state index contributed by atoms with van der Waals surface area (Å²) in [6.07, 6.45) is 1.03. The lowest BCUT2D eigenvalue weighted by Crippen LogP contribution is -2.41. The third-order valence-electron chi connectivity index (χ3n) is 6.64. The molecule has 2 N–H and O–H groups in total. The first-order chi connectivity index (χ1) is 16.9. The van der Waals surface area contributed by atoms with E-state index in [1.54, 1.807) is 6.07 Å². The van der Waals surface area contributed by atoms with Gasteiger partial charge >= 0.3 is 0 Å². The molecule has 0 fully saturated rings. The number of pyridine rings is 1. The molecule has 4 rings (SSSR count). The molecule has 36 heavy (non-hydrogen) atoms. The minimum Gasteiger partial charge on any atom is -0.598 e. The van der Waals surface area contributed by atoms with Gasteiger partial charge in [-0.15, -0.1) is 0 Å². The highest BCUT2D eigenvalue weighted by Crippen LogP contribution is 2.40. The molecule has 9 heteroatoms. The number of halogens is 2. The van der Waals surface area contributed by atoms with Gasteiger partial charge in [0, 0.05) is 34.7 Å². The number of para-hydroxylation sites is 1. The van der Waals surface area contributed by atoms with Crippen LogP contribution in [0.25, 0.3) is 22.2 Å². The van der Waals surface area contributed by atoms with E-state index < -0.39 is 30.1 Å². The fourth-order valence-corrected chi connectivity index (χ4v) is 6.73. The summed E-state index contributed by atoms with van der Waals surface area (Å²) in [4.78, 5) is 4.67. The normalized spacial score (nSPS) is 14.2. The molecule has 0 aliphatic carbocycles. The second-order valence-electron chi connectivity index (χ2n) is 10.7. The van der Waals surface area contributed by atoms with Gasteiger partial charge in [-0.05, 0) is 65.1 Å². The van der Waals surface area contributed by atoms with Crippen LogP contribution < -0.4 is 10.3 Å². The largest absolute Gasteiger partial charge is 0.598 e. The molecule has 4 aromatic rings. The molecular weight excluding hydrogens is 557 g/mol. The Labute approximate surface area is 224 Å². The standard InChI is InChI=1S/C27H31BrFN3O2SSi/c1-27(2,35(30)33)15-14-19(26-24(29)22(36(3,4)5)16-23(28)31-26)17-10-6-7-11-18(17)25-20-12-8-9-13-21(20)34-32-25/h6-13,16,19H,14-15,30H2,1-5H3. The zero-order valence-electron chi connectivity index (χ0n) is 21.1. The third-order valence-corrected chi connectivity index (χ3v) is 10.3. The first-order valence-electron chi connectivity index (χ1n) is 11.9. The van der Waals surface area contributed by atoms with Crippen LogP contribution in [-0.2, 0) is 11.4 Å². The van der Waals surface area contributed by atoms with Crippen LogP contribution in [0.5, 0.6) is 0 Å². The topological polar surface area (TPSA) is 88.0 Å². The first kappa shape index (κ1) is 27.0. The molecule has 2 aromatic heterocycles. The molecule has 0 saturated carbocycles. The van der Waals surface area contributed by atoms with Crippen molar-refractivity contribution in [2.75, 3.05) is 0 Å². The van der Waals surface area contributed by atoms with Crippen LogP contribution in [0.1, 0.15) is 43.9 Å². The molecule has 190 valence electrons. The van der Waals surface area contributed by atoms with Gasteiger partial charge in [0.1, 0.15) is 20.9 Å². The van der Waals surface area contributed by atoms with Gasteiger partial charge in [-0.3, -0.25) is 0 Å². The Morgan fingerprint density at radius 2 is 1.81 bits per heavy atom. The smallest absolute Gasteiger partial charge is 0.167 e. The van der Waals surface area contributed by atoms with E-state index in [-0.39, 0.29) is 5.82 Å². The van der Waals surface area contributed by atoms with E-state index in [4.69, 9.17) is 9.66 Å². The van der Waals surface area contributed by atoms with Gasteiger partial charge in [0.2, 0.25) is 0 Å². The minimum atomic E-state index is -2.01. The molecule has 2 heterocycles. The van der Waals surface area contributed by atoms with E-state index >= 15 is 4.39 Å². The number of benzene rings is 2. The van der Waals surface area contributed by atoms with Gasteiger partial charge in [-0.1, -0.05) is 61.2 Å². The third kappa shape index (κ3) is 5.45. The average Bonchev–Trinajstić information content (AvgIpc) is 3.24. The number of hydrogen-bond donors (Lipinski definition) is 1. The SMILES string of the molecule is CC(C)(CCC(c1ccccc1-c1noc2ccccc12)c1nc(Br)cc([Si](C)(C)C)c1F)[S+](N)[O-]. The van der Waals surface area contributed by atoms with Gasteiger partial charge in [0.25, 0.3) is 0 Å². The quantitative estimate of drug-likeness (QED) is 0.142. The van der Waals surface area contributed by atoms with Gasteiger partial charge in [0.15, 0.2) is 5.58 Å². The molecule has 0 aliphatic heterocycles. The van der Waals surface area contributed by atoms with Gasteiger partial charge < -0.3 is 9.08 Å². The molecule has 0 amide bonds. The van der Waals surface area contributed by atoms with Gasteiger partial charge in [-0.25, -0.2) is 9.37 Å². The lowest BCUT2D eigenvalue weighted by molar-refractivity contribution is 0.459. The Morgan fingerprint density at radius 1 is 1.14 bits per heavy atom. The maximum Gasteiger partial charge on any atom is 0.167 e. The van der Waals surface area contributed by atoms with Crippen LogP contribution in [0, 0.1) is 5.82 Å². The molecule has 0 spiro atoms. The molecule has 2 atom stereocenters. The Balaban J connectivity index is 1.93. The second-order valence-corrected chi connectivity index (χ2v) is 18.3. The van der Waals surface area contributed by atoms with Crippen LogP contribution in [0.15, 0.2) is 63.7 Å². The lowest BCUT2D eigenvalue weighted by atomic mass is 9.84. The Morgan fingerprint density at radius 3 is 2.50 bits per heavy atom. The summed E-state index contributed by atoms with van der Waals surface area (Å²) in [6, 6.07) is 17.3. The first-order valence-corrected chi connectivity index (χ1v) is 17.4. The summed E-state index contributed by atoms with van der Waals surface area (Å²) in [5.74, 6) is -0.680. The maximum atomic E-state index is 16.2.